The molecular weight excluding hydrogens is 258 g/mol. The van der Waals surface area contributed by atoms with Crippen LogP contribution in [-0.4, -0.2) is 17.6 Å². The number of pyridine rings is 1. The van der Waals surface area contributed by atoms with Gasteiger partial charge in [-0.25, -0.2) is 0 Å². The number of aryl methyl sites for hydroxylation is 1. The second-order valence-corrected chi connectivity index (χ2v) is 6.51. The van der Waals surface area contributed by atoms with Gasteiger partial charge in [0.05, 0.1) is 5.69 Å². The summed E-state index contributed by atoms with van der Waals surface area (Å²) < 4.78 is 0. The summed E-state index contributed by atoms with van der Waals surface area (Å²) in [7, 11) is 2.09. The van der Waals surface area contributed by atoms with Crippen molar-refractivity contribution in [2.24, 2.45) is 0 Å². The van der Waals surface area contributed by atoms with Crippen molar-refractivity contribution in [1.29, 1.82) is 0 Å². The highest BCUT2D eigenvalue weighted by Gasteiger charge is 2.10. The number of hydrogen-bond acceptors (Lipinski definition) is 3. The monoisotopic (exact) mass is 283 g/mol. The summed E-state index contributed by atoms with van der Waals surface area (Å²) in [5.41, 5.74) is 4.77. The molecule has 0 radical (unpaired) electrons. The Balaban J connectivity index is 2.17. The minimum absolute atomic E-state index is 0.0973. The van der Waals surface area contributed by atoms with Crippen LogP contribution < -0.4 is 10.2 Å². The number of benzene rings is 1. The first-order chi connectivity index (χ1) is 9.85. The second kappa shape index (κ2) is 6.27. The zero-order valence-electron chi connectivity index (χ0n) is 13.6. The van der Waals surface area contributed by atoms with Crippen LogP contribution in [0.25, 0.3) is 0 Å². The summed E-state index contributed by atoms with van der Waals surface area (Å²) >= 11 is 0. The number of nitrogens with one attached hydrogen (secondary N) is 1. The minimum atomic E-state index is 0.0973. The van der Waals surface area contributed by atoms with Crippen LogP contribution in [0.1, 0.15) is 32.0 Å². The lowest BCUT2D eigenvalue weighted by molar-refractivity contribution is 0.421. The fraction of sp³-hybridized carbons (Fsp3) is 0.389. The maximum atomic E-state index is 4.45. The maximum absolute atomic E-state index is 4.45. The van der Waals surface area contributed by atoms with Gasteiger partial charge >= 0.3 is 0 Å². The van der Waals surface area contributed by atoms with Crippen LogP contribution in [0.4, 0.5) is 11.4 Å². The van der Waals surface area contributed by atoms with Crippen molar-refractivity contribution in [2.45, 2.75) is 39.8 Å². The topological polar surface area (TPSA) is 28.2 Å². The van der Waals surface area contributed by atoms with E-state index >= 15 is 0 Å². The van der Waals surface area contributed by atoms with Gasteiger partial charge < -0.3 is 10.2 Å². The van der Waals surface area contributed by atoms with Gasteiger partial charge in [-0.2, -0.15) is 0 Å². The molecule has 1 aromatic heterocycles. The van der Waals surface area contributed by atoms with Gasteiger partial charge in [-0.15, -0.1) is 0 Å². The van der Waals surface area contributed by atoms with Gasteiger partial charge in [0.1, 0.15) is 0 Å². The molecule has 2 rings (SSSR count). The third-order valence-corrected chi connectivity index (χ3v) is 3.38. The van der Waals surface area contributed by atoms with E-state index in [1.54, 1.807) is 0 Å². The average Bonchev–Trinajstić information content (AvgIpc) is 2.44. The van der Waals surface area contributed by atoms with E-state index in [1.807, 2.05) is 12.3 Å². The first kappa shape index (κ1) is 15.5. The normalized spacial score (nSPS) is 11.5. The van der Waals surface area contributed by atoms with Gasteiger partial charge in [-0.1, -0.05) is 12.1 Å². The Labute approximate surface area is 128 Å². The summed E-state index contributed by atoms with van der Waals surface area (Å²) in [4.78, 5) is 6.64. The SMILES string of the molecule is Cc1cccc(N(C)c2ccnc(CNC(C)(C)C)c2)c1. The third kappa shape index (κ3) is 4.57. The standard InChI is InChI=1S/C18H25N3/c1-14-7-6-8-16(11-14)21(5)17-9-10-19-15(12-17)13-20-18(2,3)4/h6-12,20H,13H2,1-5H3. The molecule has 1 heterocycles. The molecule has 1 N–H and O–H groups in total. The zero-order chi connectivity index (χ0) is 15.5. The van der Waals surface area contributed by atoms with E-state index in [-0.39, 0.29) is 5.54 Å². The van der Waals surface area contributed by atoms with E-state index in [2.05, 4.69) is 80.3 Å². The Morgan fingerprint density at radius 1 is 1.10 bits per heavy atom. The van der Waals surface area contributed by atoms with Crippen molar-refractivity contribution in [3.63, 3.8) is 0 Å². The molecule has 0 unspecified atom stereocenters. The zero-order valence-corrected chi connectivity index (χ0v) is 13.6. The van der Waals surface area contributed by atoms with Gasteiger partial charge in [0.15, 0.2) is 0 Å². The van der Waals surface area contributed by atoms with Crippen molar-refractivity contribution in [1.82, 2.24) is 10.3 Å². The van der Waals surface area contributed by atoms with E-state index in [0.29, 0.717) is 0 Å². The van der Waals surface area contributed by atoms with Crippen LogP contribution in [-0.2, 0) is 6.54 Å². The van der Waals surface area contributed by atoms with Crippen molar-refractivity contribution in [3.8, 4) is 0 Å². The Hall–Kier alpha value is -1.87. The van der Waals surface area contributed by atoms with Crippen LogP contribution in [0, 0.1) is 6.92 Å². The lowest BCUT2D eigenvalue weighted by Crippen LogP contribution is -2.35. The molecule has 0 amide bonds. The Kier molecular flexibility index (Phi) is 4.63. The molecule has 3 heteroatoms. The van der Waals surface area contributed by atoms with Gasteiger partial charge in [-0.3, -0.25) is 4.98 Å². The van der Waals surface area contributed by atoms with Gasteiger partial charge in [0, 0.05) is 36.7 Å². The van der Waals surface area contributed by atoms with Crippen LogP contribution >= 0.6 is 0 Å². The summed E-state index contributed by atoms with van der Waals surface area (Å²) in [5.74, 6) is 0. The number of rotatable bonds is 4. The molecule has 1 aromatic carbocycles. The van der Waals surface area contributed by atoms with Crippen molar-refractivity contribution in [2.75, 3.05) is 11.9 Å². The highest BCUT2D eigenvalue weighted by atomic mass is 15.1. The fourth-order valence-corrected chi connectivity index (χ4v) is 2.11. The Morgan fingerprint density at radius 2 is 1.81 bits per heavy atom. The predicted octanol–water partition coefficient (Wildman–Crippen LogP) is 4.05. The van der Waals surface area contributed by atoms with Crippen LogP contribution in [0.3, 0.4) is 0 Å². The van der Waals surface area contributed by atoms with Crippen molar-refractivity contribution < 1.29 is 0 Å². The summed E-state index contributed by atoms with van der Waals surface area (Å²) in [6, 6.07) is 12.7. The van der Waals surface area contributed by atoms with Crippen molar-refractivity contribution in [3.05, 3.63) is 53.9 Å². The predicted molar refractivity (Wildman–Crippen MR) is 90.1 cm³/mol. The van der Waals surface area contributed by atoms with E-state index in [9.17, 15) is 0 Å². The molecule has 3 nitrogen and oxygen atoms in total. The Bertz CT molecular complexity index is 599. The van der Waals surface area contributed by atoms with Gasteiger partial charge in [0.2, 0.25) is 0 Å². The molecule has 0 saturated carbocycles. The molecule has 0 bridgehead atoms. The van der Waals surface area contributed by atoms with E-state index in [0.717, 1.165) is 17.9 Å². The largest absolute Gasteiger partial charge is 0.345 e. The highest BCUT2D eigenvalue weighted by Crippen LogP contribution is 2.24. The molecular formula is C18H25N3. The number of aromatic nitrogens is 1. The molecule has 0 aliphatic heterocycles. The number of anilines is 2. The first-order valence-electron chi connectivity index (χ1n) is 7.35. The summed E-state index contributed by atoms with van der Waals surface area (Å²) in [6.45, 7) is 9.38. The van der Waals surface area contributed by atoms with Crippen LogP contribution in [0.2, 0.25) is 0 Å². The summed E-state index contributed by atoms with van der Waals surface area (Å²) in [6.07, 6.45) is 1.88. The lowest BCUT2D eigenvalue weighted by atomic mass is 10.1. The molecule has 0 atom stereocenters. The minimum Gasteiger partial charge on any atom is -0.345 e. The molecule has 0 aliphatic rings. The Morgan fingerprint density at radius 3 is 2.48 bits per heavy atom. The number of hydrogen-bond donors (Lipinski definition) is 1. The molecule has 21 heavy (non-hydrogen) atoms. The lowest BCUT2D eigenvalue weighted by Gasteiger charge is -2.22. The third-order valence-electron chi connectivity index (χ3n) is 3.38. The van der Waals surface area contributed by atoms with E-state index in [1.165, 1.54) is 11.3 Å². The molecule has 0 fully saturated rings. The van der Waals surface area contributed by atoms with Gasteiger partial charge in [0.25, 0.3) is 0 Å². The van der Waals surface area contributed by atoms with Crippen LogP contribution in [0.15, 0.2) is 42.6 Å². The van der Waals surface area contributed by atoms with Crippen LogP contribution in [0.5, 0.6) is 0 Å². The second-order valence-electron chi connectivity index (χ2n) is 6.51. The molecule has 0 aliphatic carbocycles. The van der Waals surface area contributed by atoms with Gasteiger partial charge in [-0.05, 0) is 57.5 Å². The molecule has 0 spiro atoms. The summed E-state index contributed by atoms with van der Waals surface area (Å²) in [5, 5.41) is 3.47. The van der Waals surface area contributed by atoms with E-state index in [4.69, 9.17) is 0 Å². The quantitative estimate of drug-likeness (QED) is 0.917. The molecule has 112 valence electrons. The molecule has 0 saturated heterocycles. The highest BCUT2D eigenvalue weighted by molar-refractivity contribution is 5.62. The number of nitrogens with zero attached hydrogens (tertiary/aromatic N) is 2. The fourth-order valence-electron chi connectivity index (χ4n) is 2.11. The maximum Gasteiger partial charge on any atom is 0.0562 e. The first-order valence-corrected chi connectivity index (χ1v) is 7.35. The molecule has 2 aromatic rings. The smallest absolute Gasteiger partial charge is 0.0562 e. The average molecular weight is 283 g/mol. The van der Waals surface area contributed by atoms with E-state index < -0.39 is 0 Å². The van der Waals surface area contributed by atoms with Crippen molar-refractivity contribution >= 4 is 11.4 Å².